The molecule has 0 aliphatic heterocycles. The minimum atomic E-state index is -0.198. The summed E-state index contributed by atoms with van der Waals surface area (Å²) in [5.74, 6) is -0.198. The Balaban J connectivity index is 1.61. The molecule has 7 nitrogen and oxygen atoms in total. The first-order valence-corrected chi connectivity index (χ1v) is 9.50. The summed E-state index contributed by atoms with van der Waals surface area (Å²) in [7, 11) is 0. The van der Waals surface area contributed by atoms with E-state index in [0.717, 1.165) is 32.9 Å². The van der Waals surface area contributed by atoms with Crippen LogP contribution in [0.2, 0.25) is 0 Å². The summed E-state index contributed by atoms with van der Waals surface area (Å²) < 4.78 is 1.71. The molecule has 3 N–H and O–H groups in total. The molecule has 0 aliphatic carbocycles. The van der Waals surface area contributed by atoms with E-state index in [1.807, 2.05) is 38.2 Å². The van der Waals surface area contributed by atoms with Crippen molar-refractivity contribution in [3.8, 4) is 11.1 Å². The van der Waals surface area contributed by atoms with Crippen molar-refractivity contribution in [3.63, 3.8) is 0 Å². The number of nitrogens with zero attached hydrogens (tertiary/aromatic N) is 3. The smallest absolute Gasteiger partial charge is 0.273 e. The van der Waals surface area contributed by atoms with Crippen molar-refractivity contribution in [2.75, 3.05) is 5.32 Å². The lowest BCUT2D eigenvalue weighted by atomic mass is 9.99. The molecule has 0 aliphatic rings. The van der Waals surface area contributed by atoms with Gasteiger partial charge in [-0.2, -0.15) is 10.2 Å². The van der Waals surface area contributed by atoms with Crippen LogP contribution < -0.4 is 5.32 Å². The fraction of sp³-hybridized carbons (Fsp3) is 0.136. The maximum atomic E-state index is 13.0. The Morgan fingerprint density at radius 2 is 2.00 bits per heavy atom. The summed E-state index contributed by atoms with van der Waals surface area (Å²) in [5, 5.41) is 16.5. The van der Waals surface area contributed by atoms with Gasteiger partial charge in [0, 0.05) is 34.7 Å². The number of hydrogen-bond acceptors (Lipinski definition) is 3. The second kappa shape index (κ2) is 6.63. The van der Waals surface area contributed by atoms with Crippen LogP contribution in [0.1, 0.15) is 30.4 Å². The number of aromatic amines is 2. The lowest BCUT2D eigenvalue weighted by molar-refractivity contribution is 0.101. The Morgan fingerprint density at radius 3 is 2.86 bits per heavy atom. The summed E-state index contributed by atoms with van der Waals surface area (Å²) in [6.45, 7) is 3.99. The molecule has 3 aromatic heterocycles. The molecule has 7 heteroatoms. The number of rotatable bonds is 4. The lowest BCUT2D eigenvalue weighted by Gasteiger charge is -2.13. The molecule has 0 unspecified atom stereocenters. The highest BCUT2D eigenvalue weighted by Gasteiger charge is 2.17. The van der Waals surface area contributed by atoms with Crippen molar-refractivity contribution in [2.24, 2.45) is 0 Å². The van der Waals surface area contributed by atoms with Crippen LogP contribution in [0.25, 0.3) is 32.9 Å². The van der Waals surface area contributed by atoms with Crippen LogP contribution in [0.5, 0.6) is 0 Å². The summed E-state index contributed by atoms with van der Waals surface area (Å²) in [4.78, 5) is 16.2. The average molecular weight is 384 g/mol. The van der Waals surface area contributed by atoms with Crippen LogP contribution in [0.3, 0.4) is 0 Å². The van der Waals surface area contributed by atoms with Crippen LogP contribution in [0.15, 0.2) is 61.1 Å². The molecule has 0 bridgehead atoms. The summed E-state index contributed by atoms with van der Waals surface area (Å²) in [6.07, 6.45) is 5.30. The predicted molar refractivity (Wildman–Crippen MR) is 114 cm³/mol. The Kier molecular flexibility index (Phi) is 3.94. The van der Waals surface area contributed by atoms with Crippen LogP contribution >= 0.6 is 0 Å². The quantitative estimate of drug-likeness (QED) is 0.418. The van der Waals surface area contributed by atoms with E-state index < -0.39 is 0 Å². The molecular weight excluding hydrogens is 364 g/mol. The van der Waals surface area contributed by atoms with Crippen molar-refractivity contribution in [2.45, 2.75) is 19.9 Å². The number of H-pyrrole nitrogens is 2. The van der Waals surface area contributed by atoms with Gasteiger partial charge in [-0.05, 0) is 55.3 Å². The van der Waals surface area contributed by atoms with Gasteiger partial charge in [-0.3, -0.25) is 14.6 Å². The number of benzene rings is 2. The van der Waals surface area contributed by atoms with E-state index in [1.165, 1.54) is 0 Å². The highest BCUT2D eigenvalue weighted by Crippen LogP contribution is 2.34. The van der Waals surface area contributed by atoms with Crippen molar-refractivity contribution in [1.82, 2.24) is 25.0 Å². The number of carbonyl (C=O) groups is 1. The molecule has 3 heterocycles. The molecule has 1 amide bonds. The standard InChI is InChI=1S/C22H20N6O/c1-13(2)28-21(7-9-25-28)22(29)26-19-10-14(11-20-17(19)12-24-27-20)15-4-3-5-18-16(15)6-8-23-18/h3-13,23H,1-2H3,(H,24,27)(H,26,29). The molecule has 0 atom stereocenters. The zero-order valence-corrected chi connectivity index (χ0v) is 16.1. The third-order valence-corrected chi connectivity index (χ3v) is 5.10. The van der Waals surface area contributed by atoms with Crippen molar-refractivity contribution >= 4 is 33.4 Å². The number of fused-ring (bicyclic) bond motifs is 2. The number of carbonyl (C=O) groups excluding carboxylic acids is 1. The number of amides is 1. The molecule has 5 rings (SSSR count). The van der Waals surface area contributed by atoms with Gasteiger partial charge in [0.25, 0.3) is 5.91 Å². The minimum Gasteiger partial charge on any atom is -0.361 e. The maximum Gasteiger partial charge on any atom is 0.273 e. The monoisotopic (exact) mass is 384 g/mol. The van der Waals surface area contributed by atoms with E-state index >= 15 is 0 Å². The highest BCUT2D eigenvalue weighted by atomic mass is 16.2. The first-order valence-electron chi connectivity index (χ1n) is 9.50. The van der Waals surface area contributed by atoms with E-state index in [1.54, 1.807) is 23.1 Å². The van der Waals surface area contributed by atoms with Crippen molar-refractivity contribution in [3.05, 3.63) is 66.7 Å². The molecule has 0 fully saturated rings. The molecule has 0 saturated carbocycles. The Bertz CT molecular complexity index is 1340. The lowest BCUT2D eigenvalue weighted by Crippen LogP contribution is -2.19. The van der Waals surface area contributed by atoms with E-state index in [-0.39, 0.29) is 11.9 Å². The van der Waals surface area contributed by atoms with Crippen molar-refractivity contribution < 1.29 is 4.79 Å². The van der Waals surface area contributed by atoms with Gasteiger partial charge in [-0.25, -0.2) is 0 Å². The topological polar surface area (TPSA) is 91.4 Å². The second-order valence-electron chi connectivity index (χ2n) is 7.31. The van der Waals surface area contributed by atoms with E-state index in [2.05, 4.69) is 43.8 Å². The summed E-state index contributed by atoms with van der Waals surface area (Å²) in [5.41, 5.74) is 5.25. The first-order chi connectivity index (χ1) is 14.1. The van der Waals surface area contributed by atoms with Crippen LogP contribution in [-0.2, 0) is 0 Å². The predicted octanol–water partition coefficient (Wildman–Crippen LogP) is 4.74. The number of hydrogen-bond donors (Lipinski definition) is 3. The molecule has 0 radical (unpaired) electrons. The van der Waals surface area contributed by atoms with Gasteiger partial charge >= 0.3 is 0 Å². The third kappa shape index (κ3) is 2.87. The molecule has 29 heavy (non-hydrogen) atoms. The molecular formula is C22H20N6O. The molecule has 0 spiro atoms. The SMILES string of the molecule is CC(C)n1nccc1C(=O)Nc1cc(-c2cccc3[nH]ccc23)cc2[nH]ncc12. The normalized spacial score (nSPS) is 11.6. The summed E-state index contributed by atoms with van der Waals surface area (Å²) in [6, 6.07) is 14.1. The van der Waals surface area contributed by atoms with Gasteiger partial charge < -0.3 is 10.3 Å². The summed E-state index contributed by atoms with van der Waals surface area (Å²) >= 11 is 0. The third-order valence-electron chi connectivity index (χ3n) is 5.10. The molecule has 2 aromatic carbocycles. The minimum absolute atomic E-state index is 0.0947. The van der Waals surface area contributed by atoms with Crippen LogP contribution in [0, 0.1) is 0 Å². The van der Waals surface area contributed by atoms with Crippen LogP contribution in [-0.4, -0.2) is 30.9 Å². The number of aromatic nitrogens is 5. The highest BCUT2D eigenvalue weighted by molar-refractivity contribution is 6.09. The fourth-order valence-electron chi connectivity index (χ4n) is 3.74. The van der Waals surface area contributed by atoms with Gasteiger partial charge in [0.2, 0.25) is 0 Å². The fourth-order valence-corrected chi connectivity index (χ4v) is 3.74. The van der Waals surface area contributed by atoms with Crippen LogP contribution in [0.4, 0.5) is 5.69 Å². The number of anilines is 1. The molecule has 5 aromatic rings. The Hall–Kier alpha value is -3.87. The Morgan fingerprint density at radius 1 is 1.10 bits per heavy atom. The zero-order valence-electron chi connectivity index (χ0n) is 16.1. The first kappa shape index (κ1) is 17.2. The molecule has 0 saturated heterocycles. The number of nitrogens with one attached hydrogen (secondary N) is 3. The zero-order chi connectivity index (χ0) is 20.0. The van der Waals surface area contributed by atoms with E-state index in [9.17, 15) is 4.79 Å². The maximum absolute atomic E-state index is 13.0. The average Bonchev–Trinajstić information content (AvgIpc) is 3.46. The molecule has 144 valence electrons. The van der Waals surface area contributed by atoms with Gasteiger partial charge in [-0.15, -0.1) is 0 Å². The Labute approximate surface area is 166 Å². The van der Waals surface area contributed by atoms with Crippen molar-refractivity contribution in [1.29, 1.82) is 0 Å². The van der Waals surface area contributed by atoms with Gasteiger partial charge in [0.15, 0.2) is 0 Å². The van der Waals surface area contributed by atoms with Gasteiger partial charge in [-0.1, -0.05) is 12.1 Å². The largest absolute Gasteiger partial charge is 0.361 e. The van der Waals surface area contributed by atoms with E-state index in [0.29, 0.717) is 11.4 Å². The van der Waals surface area contributed by atoms with E-state index in [4.69, 9.17) is 0 Å². The second-order valence-corrected chi connectivity index (χ2v) is 7.31. The van der Waals surface area contributed by atoms with Gasteiger partial charge in [0.1, 0.15) is 5.69 Å². The van der Waals surface area contributed by atoms with Gasteiger partial charge in [0.05, 0.1) is 17.4 Å².